The van der Waals surface area contributed by atoms with Crippen LogP contribution in [0.25, 0.3) is 6.08 Å². The fourth-order valence-corrected chi connectivity index (χ4v) is 6.74. The predicted octanol–water partition coefficient (Wildman–Crippen LogP) is 2.31. The summed E-state index contributed by atoms with van der Waals surface area (Å²) in [4.78, 5) is 34.2. The Morgan fingerprint density at radius 2 is 1.94 bits per heavy atom. The number of halogens is 1. The lowest BCUT2D eigenvalue weighted by Crippen LogP contribution is -2.52. The van der Waals surface area contributed by atoms with E-state index >= 15 is 0 Å². The number of rotatable bonds is 5. The largest absolute Gasteiger partial charge is 0.337 e. The van der Waals surface area contributed by atoms with E-state index in [0.29, 0.717) is 43.4 Å². The van der Waals surface area contributed by atoms with Crippen LogP contribution in [-0.4, -0.2) is 78.7 Å². The molecule has 4 rings (SSSR count). The van der Waals surface area contributed by atoms with Crippen LogP contribution in [-0.2, 0) is 19.4 Å². The van der Waals surface area contributed by atoms with E-state index in [4.69, 9.17) is 0 Å². The summed E-state index contributed by atoms with van der Waals surface area (Å²) in [5, 5.41) is 2.02. The van der Waals surface area contributed by atoms with Crippen molar-refractivity contribution in [1.82, 2.24) is 14.8 Å². The van der Waals surface area contributed by atoms with Gasteiger partial charge in [0.1, 0.15) is 5.82 Å². The van der Waals surface area contributed by atoms with Crippen LogP contribution in [0.1, 0.15) is 19.0 Å². The molecule has 2 amide bonds. The Morgan fingerprint density at radius 3 is 2.58 bits per heavy atom. The number of benzene rings is 1. The molecule has 1 unspecified atom stereocenters. The van der Waals surface area contributed by atoms with Gasteiger partial charge in [0.15, 0.2) is 15.0 Å². The molecular formula is C22H25FN4O4S2. The molecule has 2 aromatic rings. The van der Waals surface area contributed by atoms with Gasteiger partial charge < -0.3 is 4.90 Å². The molecular weight excluding hydrogens is 467 g/mol. The average Bonchev–Trinajstić information content (AvgIpc) is 3.39. The number of para-hydroxylation sites is 1. The van der Waals surface area contributed by atoms with Gasteiger partial charge in [-0.1, -0.05) is 12.1 Å². The lowest BCUT2D eigenvalue weighted by molar-refractivity contribution is -0.128. The molecule has 8 nitrogen and oxygen atoms in total. The number of carbonyl (C=O) groups excluding carboxylic acids is 2. The van der Waals surface area contributed by atoms with Crippen molar-refractivity contribution in [1.29, 1.82) is 0 Å². The second-order valence-corrected chi connectivity index (χ2v) is 11.2. The molecule has 0 spiro atoms. The molecule has 2 aliphatic heterocycles. The number of piperazine rings is 1. The van der Waals surface area contributed by atoms with Gasteiger partial charge in [0, 0.05) is 50.6 Å². The summed E-state index contributed by atoms with van der Waals surface area (Å²) < 4.78 is 37.6. The molecule has 0 bridgehead atoms. The van der Waals surface area contributed by atoms with E-state index in [0.717, 1.165) is 0 Å². The summed E-state index contributed by atoms with van der Waals surface area (Å²) in [7, 11) is -2.93. The topological polar surface area (TPSA) is 90.9 Å². The number of carbonyl (C=O) groups is 2. The molecule has 176 valence electrons. The summed E-state index contributed by atoms with van der Waals surface area (Å²) in [5.41, 5.74) is 0.625. The van der Waals surface area contributed by atoms with Crippen LogP contribution in [0.15, 0.2) is 35.7 Å². The number of nitrogens with zero attached hydrogens (tertiary/aromatic N) is 4. The fourth-order valence-electron chi connectivity index (χ4n) is 4.13. The SMILES string of the molecule is CC(=O)N(c1nc(C=CC(=O)N2CCN(C3CCS(=O)(=O)C3)CC2)cs1)c1ccccc1F. The molecule has 1 aromatic carbocycles. The third kappa shape index (κ3) is 5.48. The Morgan fingerprint density at radius 1 is 1.21 bits per heavy atom. The van der Waals surface area contributed by atoms with Gasteiger partial charge in [-0.05, 0) is 24.6 Å². The molecule has 33 heavy (non-hydrogen) atoms. The zero-order valence-corrected chi connectivity index (χ0v) is 19.8. The van der Waals surface area contributed by atoms with Crippen LogP contribution in [0.5, 0.6) is 0 Å². The summed E-state index contributed by atoms with van der Waals surface area (Å²) in [6.45, 7) is 3.71. The number of amides is 2. The predicted molar refractivity (Wildman–Crippen MR) is 126 cm³/mol. The molecule has 0 N–H and O–H groups in total. The Balaban J connectivity index is 1.37. The van der Waals surface area contributed by atoms with Gasteiger partial charge in [-0.15, -0.1) is 11.3 Å². The highest BCUT2D eigenvalue weighted by molar-refractivity contribution is 7.91. The molecule has 3 heterocycles. The number of hydrogen-bond acceptors (Lipinski definition) is 7. The van der Waals surface area contributed by atoms with Gasteiger partial charge in [-0.25, -0.2) is 17.8 Å². The van der Waals surface area contributed by atoms with Crippen molar-refractivity contribution >= 4 is 49.9 Å². The molecule has 2 saturated heterocycles. The van der Waals surface area contributed by atoms with Crippen LogP contribution in [0.4, 0.5) is 15.2 Å². The van der Waals surface area contributed by atoms with Gasteiger partial charge in [-0.3, -0.25) is 19.4 Å². The molecule has 1 atom stereocenters. The number of aromatic nitrogens is 1. The molecule has 0 radical (unpaired) electrons. The van der Waals surface area contributed by atoms with Crippen LogP contribution in [0, 0.1) is 5.82 Å². The fraction of sp³-hybridized carbons (Fsp3) is 0.409. The van der Waals surface area contributed by atoms with Crippen molar-refractivity contribution in [2.45, 2.75) is 19.4 Å². The third-order valence-electron chi connectivity index (χ3n) is 5.86. The Bertz CT molecular complexity index is 1170. The van der Waals surface area contributed by atoms with Gasteiger partial charge in [0.25, 0.3) is 0 Å². The van der Waals surface area contributed by atoms with Crippen molar-refractivity contribution in [3.8, 4) is 0 Å². The number of thiazole rings is 1. The average molecular weight is 493 g/mol. The van der Waals surface area contributed by atoms with E-state index in [-0.39, 0.29) is 35.0 Å². The van der Waals surface area contributed by atoms with E-state index in [1.165, 1.54) is 41.4 Å². The quantitative estimate of drug-likeness (QED) is 0.595. The summed E-state index contributed by atoms with van der Waals surface area (Å²) in [5.74, 6) is -0.594. The van der Waals surface area contributed by atoms with Gasteiger partial charge in [0.05, 0.1) is 22.9 Å². The van der Waals surface area contributed by atoms with Crippen molar-refractivity contribution in [2.24, 2.45) is 0 Å². The molecule has 0 aliphatic carbocycles. The van der Waals surface area contributed by atoms with Gasteiger partial charge in [-0.2, -0.15) is 0 Å². The minimum atomic E-state index is -2.93. The minimum absolute atomic E-state index is 0.0508. The van der Waals surface area contributed by atoms with Crippen LogP contribution >= 0.6 is 11.3 Å². The second-order valence-electron chi connectivity index (χ2n) is 8.11. The highest BCUT2D eigenvalue weighted by Gasteiger charge is 2.34. The Hall–Kier alpha value is -2.63. The normalized spacial score (nSPS) is 20.9. The maximum atomic E-state index is 14.2. The molecule has 1 aromatic heterocycles. The molecule has 0 saturated carbocycles. The van der Waals surface area contributed by atoms with E-state index in [2.05, 4.69) is 9.88 Å². The minimum Gasteiger partial charge on any atom is -0.337 e. The van der Waals surface area contributed by atoms with Crippen LogP contribution in [0.3, 0.4) is 0 Å². The van der Waals surface area contributed by atoms with Crippen molar-refractivity contribution in [2.75, 3.05) is 42.6 Å². The monoisotopic (exact) mass is 492 g/mol. The zero-order chi connectivity index (χ0) is 23.6. The Kier molecular flexibility index (Phi) is 6.91. The van der Waals surface area contributed by atoms with Crippen LogP contribution < -0.4 is 4.90 Å². The van der Waals surface area contributed by atoms with Gasteiger partial charge >= 0.3 is 0 Å². The Labute approximate surface area is 196 Å². The van der Waals surface area contributed by atoms with E-state index < -0.39 is 15.7 Å². The van der Waals surface area contributed by atoms with Gasteiger partial charge in [0.2, 0.25) is 11.8 Å². The molecule has 11 heteroatoms. The smallest absolute Gasteiger partial charge is 0.246 e. The number of sulfone groups is 1. The highest BCUT2D eigenvalue weighted by atomic mass is 32.2. The van der Waals surface area contributed by atoms with Crippen molar-refractivity contribution < 1.29 is 22.4 Å². The van der Waals surface area contributed by atoms with E-state index in [1.54, 1.807) is 28.5 Å². The van der Waals surface area contributed by atoms with E-state index in [1.807, 2.05) is 0 Å². The van der Waals surface area contributed by atoms with Crippen molar-refractivity contribution in [3.05, 3.63) is 47.2 Å². The lowest BCUT2D eigenvalue weighted by atomic mass is 10.2. The van der Waals surface area contributed by atoms with Crippen LogP contribution in [0.2, 0.25) is 0 Å². The first-order valence-corrected chi connectivity index (χ1v) is 13.4. The highest BCUT2D eigenvalue weighted by Crippen LogP contribution is 2.31. The van der Waals surface area contributed by atoms with E-state index in [9.17, 15) is 22.4 Å². The maximum absolute atomic E-state index is 14.2. The maximum Gasteiger partial charge on any atom is 0.246 e. The third-order valence-corrected chi connectivity index (χ3v) is 8.45. The first kappa shape index (κ1) is 23.5. The summed E-state index contributed by atoms with van der Waals surface area (Å²) in [6, 6.07) is 6.04. The zero-order valence-electron chi connectivity index (χ0n) is 18.2. The first-order valence-electron chi connectivity index (χ1n) is 10.7. The molecule has 2 fully saturated rings. The second kappa shape index (κ2) is 9.70. The number of hydrogen-bond donors (Lipinski definition) is 0. The molecule has 2 aliphatic rings. The lowest BCUT2D eigenvalue weighted by Gasteiger charge is -2.37. The summed E-state index contributed by atoms with van der Waals surface area (Å²) >= 11 is 1.19. The summed E-state index contributed by atoms with van der Waals surface area (Å²) in [6.07, 6.45) is 3.68. The van der Waals surface area contributed by atoms with Crippen molar-refractivity contribution in [3.63, 3.8) is 0 Å². The standard InChI is InChI=1S/C22H25FN4O4S2/c1-16(28)27(20-5-3-2-4-19(20)23)22-24-17(14-32-22)6-7-21(29)26-11-9-25(10-12-26)18-8-13-33(30,31)15-18/h2-7,14,18H,8-13,15H2,1H3. The number of anilines is 2. The first-order chi connectivity index (χ1) is 15.7.